The molecule has 0 atom stereocenters. The van der Waals surface area contributed by atoms with Crippen LogP contribution in [0.4, 0.5) is 5.69 Å². The third kappa shape index (κ3) is 6.28. The summed E-state index contributed by atoms with van der Waals surface area (Å²) < 4.78 is 40.1. The van der Waals surface area contributed by atoms with Gasteiger partial charge in [-0.1, -0.05) is 34.1 Å². The van der Waals surface area contributed by atoms with E-state index in [-0.39, 0.29) is 11.4 Å². The zero-order valence-electron chi connectivity index (χ0n) is 19.3. The van der Waals surface area contributed by atoms with Gasteiger partial charge in [0.25, 0.3) is 0 Å². The van der Waals surface area contributed by atoms with Gasteiger partial charge in [0.15, 0.2) is 11.5 Å². The molecule has 3 aromatic carbocycles. The maximum absolute atomic E-state index is 13.5. The molecular formula is C25H29BrN2O4S. The van der Waals surface area contributed by atoms with Crippen molar-refractivity contribution in [3.63, 3.8) is 0 Å². The molecule has 0 amide bonds. The highest BCUT2D eigenvalue weighted by atomic mass is 79.9. The molecule has 0 N–H and O–H groups in total. The molecule has 0 heterocycles. The lowest BCUT2D eigenvalue weighted by atomic mass is 10.1. The van der Waals surface area contributed by atoms with Gasteiger partial charge in [0.05, 0.1) is 19.1 Å². The molecule has 0 aromatic heterocycles. The SMILES string of the molecule is COc1ccc(CCN(Cc2ccc(N(C)C)cc2)S(=O)(=O)c2ccc(Br)cc2)cc1OC. The van der Waals surface area contributed by atoms with Crippen molar-refractivity contribution in [3.05, 3.63) is 82.3 Å². The Morgan fingerprint density at radius 2 is 1.42 bits per heavy atom. The highest BCUT2D eigenvalue weighted by Gasteiger charge is 2.25. The van der Waals surface area contributed by atoms with E-state index in [4.69, 9.17) is 9.47 Å². The molecule has 3 rings (SSSR count). The Hall–Kier alpha value is -2.55. The molecule has 0 aliphatic heterocycles. The fraction of sp³-hybridized carbons (Fsp3) is 0.280. The van der Waals surface area contributed by atoms with E-state index in [0.717, 1.165) is 21.3 Å². The predicted molar refractivity (Wildman–Crippen MR) is 136 cm³/mol. The molecule has 33 heavy (non-hydrogen) atoms. The molecule has 6 nitrogen and oxygen atoms in total. The first kappa shape index (κ1) is 25.1. The largest absolute Gasteiger partial charge is 0.493 e. The Kier molecular flexibility index (Phi) is 8.40. The quantitative estimate of drug-likeness (QED) is 0.369. The average Bonchev–Trinajstić information content (AvgIpc) is 2.82. The molecular weight excluding hydrogens is 504 g/mol. The Balaban J connectivity index is 1.88. The molecule has 0 spiro atoms. The number of ether oxygens (including phenoxy) is 2. The second kappa shape index (κ2) is 11.0. The van der Waals surface area contributed by atoms with Crippen molar-refractivity contribution >= 4 is 31.6 Å². The summed E-state index contributed by atoms with van der Waals surface area (Å²) in [5, 5.41) is 0. The van der Waals surface area contributed by atoms with Crippen molar-refractivity contribution in [2.24, 2.45) is 0 Å². The molecule has 3 aromatic rings. The highest BCUT2D eigenvalue weighted by Crippen LogP contribution is 2.28. The summed E-state index contributed by atoms with van der Waals surface area (Å²) in [4.78, 5) is 2.28. The summed E-state index contributed by atoms with van der Waals surface area (Å²) in [5.74, 6) is 1.26. The van der Waals surface area contributed by atoms with Gasteiger partial charge in [-0.25, -0.2) is 8.42 Å². The normalized spacial score (nSPS) is 11.5. The van der Waals surface area contributed by atoms with Crippen molar-refractivity contribution in [2.75, 3.05) is 39.8 Å². The minimum atomic E-state index is -3.69. The summed E-state index contributed by atoms with van der Waals surface area (Å²) in [6.45, 7) is 0.600. The van der Waals surface area contributed by atoms with E-state index in [1.807, 2.05) is 61.5 Å². The van der Waals surface area contributed by atoms with Crippen LogP contribution in [0, 0.1) is 0 Å². The van der Waals surface area contributed by atoms with E-state index in [2.05, 4.69) is 15.9 Å². The summed E-state index contributed by atoms with van der Waals surface area (Å²) in [7, 11) is 3.43. The second-order valence-electron chi connectivity index (χ2n) is 7.79. The molecule has 176 valence electrons. The first-order chi connectivity index (χ1) is 15.7. The molecule has 0 saturated carbocycles. The van der Waals surface area contributed by atoms with Gasteiger partial charge in [-0.05, 0) is 66.1 Å². The Morgan fingerprint density at radius 1 is 0.818 bits per heavy atom. The van der Waals surface area contributed by atoms with E-state index in [0.29, 0.717) is 24.5 Å². The van der Waals surface area contributed by atoms with Gasteiger partial charge < -0.3 is 14.4 Å². The maximum Gasteiger partial charge on any atom is 0.243 e. The van der Waals surface area contributed by atoms with Crippen LogP contribution in [-0.4, -0.2) is 47.6 Å². The number of sulfonamides is 1. The Morgan fingerprint density at radius 3 is 2.00 bits per heavy atom. The average molecular weight is 533 g/mol. The summed E-state index contributed by atoms with van der Waals surface area (Å²) in [6, 6.07) is 20.3. The molecule has 0 aliphatic carbocycles. The lowest BCUT2D eigenvalue weighted by molar-refractivity contribution is 0.354. The van der Waals surface area contributed by atoms with Gasteiger partial charge in [0.1, 0.15) is 0 Å². The van der Waals surface area contributed by atoms with Gasteiger partial charge in [-0.2, -0.15) is 4.31 Å². The van der Waals surface area contributed by atoms with E-state index in [1.165, 1.54) is 4.31 Å². The van der Waals surface area contributed by atoms with Gasteiger partial charge >= 0.3 is 0 Å². The maximum atomic E-state index is 13.5. The third-order valence-electron chi connectivity index (χ3n) is 5.36. The van der Waals surface area contributed by atoms with Crippen molar-refractivity contribution in [1.29, 1.82) is 0 Å². The minimum Gasteiger partial charge on any atom is -0.493 e. The van der Waals surface area contributed by atoms with Crippen LogP contribution in [0.1, 0.15) is 11.1 Å². The number of anilines is 1. The lowest BCUT2D eigenvalue weighted by Crippen LogP contribution is -2.32. The van der Waals surface area contributed by atoms with Crippen molar-refractivity contribution in [2.45, 2.75) is 17.9 Å². The van der Waals surface area contributed by atoms with Crippen LogP contribution in [0.3, 0.4) is 0 Å². The number of halogens is 1. The number of methoxy groups -OCH3 is 2. The van der Waals surface area contributed by atoms with Crippen LogP contribution < -0.4 is 14.4 Å². The molecule has 0 fully saturated rings. The summed E-state index contributed by atoms with van der Waals surface area (Å²) >= 11 is 3.37. The standard InChI is InChI=1S/C25H29BrN2O4S/c1-27(2)22-10-5-20(6-11-22)18-28(33(29,30)23-12-8-21(26)9-13-23)16-15-19-7-14-24(31-3)25(17-19)32-4/h5-14,17H,15-16,18H2,1-4H3. The van der Waals surface area contributed by atoms with Crippen molar-refractivity contribution in [1.82, 2.24) is 4.31 Å². The molecule has 0 radical (unpaired) electrons. The van der Waals surface area contributed by atoms with Crippen LogP contribution in [-0.2, 0) is 23.0 Å². The second-order valence-corrected chi connectivity index (χ2v) is 10.6. The lowest BCUT2D eigenvalue weighted by Gasteiger charge is -2.23. The topological polar surface area (TPSA) is 59.1 Å². The summed E-state index contributed by atoms with van der Waals surface area (Å²) in [6.07, 6.45) is 0.534. The monoisotopic (exact) mass is 532 g/mol. The molecule has 0 aliphatic rings. The first-order valence-electron chi connectivity index (χ1n) is 10.5. The first-order valence-corrected chi connectivity index (χ1v) is 12.7. The van der Waals surface area contributed by atoms with Gasteiger partial charge in [-0.15, -0.1) is 0 Å². The number of hydrogen-bond acceptors (Lipinski definition) is 5. The number of benzene rings is 3. The summed E-state index contributed by atoms with van der Waals surface area (Å²) in [5.41, 5.74) is 2.95. The van der Waals surface area contributed by atoms with Crippen molar-refractivity contribution < 1.29 is 17.9 Å². The number of rotatable bonds is 10. The van der Waals surface area contributed by atoms with Crippen LogP contribution in [0.15, 0.2) is 76.1 Å². The van der Waals surface area contributed by atoms with E-state index >= 15 is 0 Å². The fourth-order valence-electron chi connectivity index (χ4n) is 3.43. The Bertz CT molecular complexity index is 1160. The number of nitrogens with zero attached hydrogens (tertiary/aromatic N) is 2. The van der Waals surface area contributed by atoms with E-state index in [9.17, 15) is 8.42 Å². The van der Waals surface area contributed by atoms with Crippen LogP contribution in [0.25, 0.3) is 0 Å². The van der Waals surface area contributed by atoms with Crippen LogP contribution in [0.2, 0.25) is 0 Å². The minimum absolute atomic E-state index is 0.267. The fourth-order valence-corrected chi connectivity index (χ4v) is 5.13. The van der Waals surface area contributed by atoms with Crippen LogP contribution >= 0.6 is 15.9 Å². The highest BCUT2D eigenvalue weighted by molar-refractivity contribution is 9.10. The Labute approximate surface area is 204 Å². The molecule has 8 heteroatoms. The third-order valence-corrected chi connectivity index (χ3v) is 7.75. The smallest absolute Gasteiger partial charge is 0.243 e. The predicted octanol–water partition coefficient (Wildman–Crippen LogP) is 4.97. The van der Waals surface area contributed by atoms with Crippen molar-refractivity contribution in [3.8, 4) is 11.5 Å². The van der Waals surface area contributed by atoms with Gasteiger partial charge in [0.2, 0.25) is 10.0 Å². The van der Waals surface area contributed by atoms with Crippen LogP contribution in [0.5, 0.6) is 11.5 Å². The van der Waals surface area contributed by atoms with Gasteiger partial charge in [0, 0.05) is 37.3 Å². The molecule has 0 unspecified atom stereocenters. The van der Waals surface area contributed by atoms with Gasteiger partial charge in [-0.3, -0.25) is 0 Å². The van der Waals surface area contributed by atoms with E-state index < -0.39 is 10.0 Å². The number of hydrogen-bond donors (Lipinski definition) is 0. The van der Waals surface area contributed by atoms with E-state index in [1.54, 1.807) is 38.5 Å². The zero-order valence-corrected chi connectivity index (χ0v) is 21.7. The zero-order chi connectivity index (χ0) is 24.0. The molecule has 0 bridgehead atoms. The molecule has 0 saturated heterocycles.